The Hall–Kier alpha value is -1.88. The number of likely N-dealkylation sites (tertiary alicyclic amines) is 1. The van der Waals surface area contributed by atoms with Gasteiger partial charge in [0, 0.05) is 6.04 Å². The van der Waals surface area contributed by atoms with E-state index in [1.165, 1.54) is 23.5 Å². The van der Waals surface area contributed by atoms with Crippen LogP contribution in [0.5, 0.6) is 5.75 Å². The average molecular weight is 302 g/mol. The Balaban J connectivity index is 1.83. The van der Waals surface area contributed by atoms with Crippen molar-refractivity contribution in [3.63, 3.8) is 0 Å². The van der Waals surface area contributed by atoms with Crippen molar-refractivity contribution in [2.75, 3.05) is 11.4 Å². The van der Waals surface area contributed by atoms with E-state index in [0.29, 0.717) is 11.7 Å². The minimum Gasteiger partial charge on any atom is -0.508 e. The minimum absolute atomic E-state index is 0.126. The van der Waals surface area contributed by atoms with Crippen LogP contribution in [-0.4, -0.2) is 40.4 Å². The third kappa shape index (κ3) is 2.61. The molecular formula is C17H22N2O3. The number of phenols is 1. The van der Waals surface area contributed by atoms with Gasteiger partial charge in [-0.15, -0.1) is 0 Å². The first-order chi connectivity index (χ1) is 10.6. The summed E-state index contributed by atoms with van der Waals surface area (Å²) in [6, 6.07) is 6.29. The molecular weight excluding hydrogens is 280 g/mol. The summed E-state index contributed by atoms with van der Waals surface area (Å²) in [6.45, 7) is 3.04. The molecule has 2 atom stereocenters. The lowest BCUT2D eigenvalue weighted by molar-refractivity contribution is -0.123. The molecule has 1 aromatic rings. The van der Waals surface area contributed by atoms with Gasteiger partial charge >= 0.3 is 0 Å². The van der Waals surface area contributed by atoms with Gasteiger partial charge in [0.05, 0.1) is 18.2 Å². The molecule has 0 aliphatic carbocycles. The maximum atomic E-state index is 12.8. The Morgan fingerprint density at radius 1 is 1.18 bits per heavy atom. The molecule has 0 bridgehead atoms. The Morgan fingerprint density at radius 3 is 2.59 bits per heavy atom. The molecule has 5 heteroatoms. The lowest BCUT2D eigenvalue weighted by atomic mass is 9.97. The van der Waals surface area contributed by atoms with Crippen molar-refractivity contribution in [3.8, 4) is 5.75 Å². The van der Waals surface area contributed by atoms with Crippen molar-refractivity contribution in [2.24, 2.45) is 0 Å². The molecule has 0 radical (unpaired) electrons. The normalized spacial score (nSPS) is 26.7. The summed E-state index contributed by atoms with van der Waals surface area (Å²) >= 11 is 0. The lowest BCUT2D eigenvalue weighted by Gasteiger charge is -2.38. The molecule has 2 aliphatic heterocycles. The standard InChI is InChI=1S/C17H22N2O3/c1-2-12-5-3-4-10-18(12)15-11-16(21)19(17(15)22)13-6-8-14(20)9-7-13/h6-9,12,15,20H,2-5,10-11H2,1H3. The van der Waals surface area contributed by atoms with Crippen molar-refractivity contribution in [3.05, 3.63) is 24.3 Å². The predicted octanol–water partition coefficient (Wildman–Crippen LogP) is 2.29. The summed E-state index contributed by atoms with van der Waals surface area (Å²) < 4.78 is 0. The van der Waals surface area contributed by atoms with Gasteiger partial charge in [0.1, 0.15) is 5.75 Å². The molecule has 2 saturated heterocycles. The molecule has 1 N–H and O–H groups in total. The van der Waals surface area contributed by atoms with Crippen LogP contribution >= 0.6 is 0 Å². The summed E-state index contributed by atoms with van der Waals surface area (Å²) in [5.74, 6) is -0.154. The molecule has 2 amide bonds. The number of nitrogens with zero attached hydrogens (tertiary/aromatic N) is 2. The zero-order valence-electron chi connectivity index (χ0n) is 12.9. The van der Waals surface area contributed by atoms with Gasteiger partial charge in [-0.2, -0.15) is 0 Å². The van der Waals surface area contributed by atoms with Crippen molar-refractivity contribution < 1.29 is 14.7 Å². The van der Waals surface area contributed by atoms with E-state index in [1.807, 2.05) is 0 Å². The lowest BCUT2D eigenvalue weighted by Crippen LogP contribution is -2.49. The van der Waals surface area contributed by atoms with E-state index in [-0.39, 0.29) is 30.0 Å². The van der Waals surface area contributed by atoms with Crippen molar-refractivity contribution in [1.29, 1.82) is 0 Å². The largest absolute Gasteiger partial charge is 0.508 e. The second-order valence-corrected chi connectivity index (χ2v) is 6.10. The average Bonchev–Trinajstić information content (AvgIpc) is 2.83. The summed E-state index contributed by atoms with van der Waals surface area (Å²) in [6.07, 6.45) is 4.67. The van der Waals surface area contributed by atoms with E-state index in [0.717, 1.165) is 25.8 Å². The first-order valence-electron chi connectivity index (χ1n) is 8.03. The minimum atomic E-state index is -0.327. The number of hydrogen-bond donors (Lipinski definition) is 1. The zero-order valence-corrected chi connectivity index (χ0v) is 12.9. The van der Waals surface area contributed by atoms with Crippen LogP contribution in [0.2, 0.25) is 0 Å². The van der Waals surface area contributed by atoms with E-state index in [2.05, 4.69) is 11.8 Å². The molecule has 0 aromatic heterocycles. The van der Waals surface area contributed by atoms with E-state index in [9.17, 15) is 14.7 Å². The molecule has 2 fully saturated rings. The van der Waals surface area contributed by atoms with E-state index >= 15 is 0 Å². The number of anilines is 1. The van der Waals surface area contributed by atoms with E-state index in [4.69, 9.17) is 0 Å². The number of carbonyl (C=O) groups is 2. The maximum absolute atomic E-state index is 12.8. The van der Waals surface area contributed by atoms with Gasteiger partial charge in [0.15, 0.2) is 0 Å². The fourth-order valence-electron chi connectivity index (χ4n) is 3.62. The second-order valence-electron chi connectivity index (χ2n) is 6.10. The number of imide groups is 1. The number of rotatable bonds is 3. The molecule has 1 aromatic carbocycles. The van der Waals surface area contributed by atoms with Gasteiger partial charge in [-0.25, -0.2) is 4.90 Å². The van der Waals surface area contributed by atoms with Crippen molar-refractivity contribution in [1.82, 2.24) is 4.90 Å². The molecule has 2 unspecified atom stereocenters. The Morgan fingerprint density at radius 2 is 1.91 bits per heavy atom. The van der Waals surface area contributed by atoms with Gasteiger partial charge in [0.2, 0.25) is 5.91 Å². The van der Waals surface area contributed by atoms with Crippen LogP contribution in [0.4, 0.5) is 5.69 Å². The molecule has 0 saturated carbocycles. The third-order valence-corrected chi connectivity index (χ3v) is 4.77. The Labute approximate surface area is 130 Å². The van der Waals surface area contributed by atoms with Crippen LogP contribution in [-0.2, 0) is 9.59 Å². The molecule has 118 valence electrons. The van der Waals surface area contributed by atoms with Gasteiger partial charge in [-0.3, -0.25) is 14.5 Å². The quantitative estimate of drug-likeness (QED) is 0.870. The molecule has 2 aliphatic rings. The van der Waals surface area contributed by atoms with E-state index in [1.54, 1.807) is 12.1 Å². The number of aromatic hydroxyl groups is 1. The second kappa shape index (κ2) is 6.08. The maximum Gasteiger partial charge on any atom is 0.251 e. The summed E-state index contributed by atoms with van der Waals surface area (Å²) in [7, 11) is 0. The zero-order chi connectivity index (χ0) is 15.7. The molecule has 5 nitrogen and oxygen atoms in total. The topological polar surface area (TPSA) is 60.9 Å². The highest BCUT2D eigenvalue weighted by Gasteiger charge is 2.44. The number of benzene rings is 1. The molecule has 22 heavy (non-hydrogen) atoms. The van der Waals surface area contributed by atoms with Gasteiger partial charge in [0.25, 0.3) is 5.91 Å². The fourth-order valence-corrected chi connectivity index (χ4v) is 3.62. The summed E-state index contributed by atoms with van der Waals surface area (Å²) in [4.78, 5) is 28.6. The number of carbonyl (C=O) groups excluding carboxylic acids is 2. The smallest absolute Gasteiger partial charge is 0.251 e. The van der Waals surface area contributed by atoms with Crippen LogP contribution < -0.4 is 4.90 Å². The summed E-state index contributed by atoms with van der Waals surface area (Å²) in [5, 5.41) is 9.36. The number of piperidine rings is 1. The first-order valence-corrected chi connectivity index (χ1v) is 8.03. The first kappa shape index (κ1) is 15.0. The number of hydrogen-bond acceptors (Lipinski definition) is 4. The van der Waals surface area contributed by atoms with Gasteiger partial charge in [-0.05, 0) is 50.1 Å². The van der Waals surface area contributed by atoms with Crippen LogP contribution in [0.25, 0.3) is 0 Å². The Kier molecular flexibility index (Phi) is 4.16. The molecule has 3 rings (SSSR count). The van der Waals surface area contributed by atoms with Crippen LogP contribution in [0, 0.1) is 0 Å². The summed E-state index contributed by atoms with van der Waals surface area (Å²) in [5.41, 5.74) is 0.542. The Bertz CT molecular complexity index is 570. The monoisotopic (exact) mass is 302 g/mol. The van der Waals surface area contributed by atoms with Crippen LogP contribution in [0.15, 0.2) is 24.3 Å². The predicted molar refractivity (Wildman–Crippen MR) is 83.6 cm³/mol. The highest BCUT2D eigenvalue weighted by Crippen LogP contribution is 2.31. The van der Waals surface area contributed by atoms with Crippen LogP contribution in [0.3, 0.4) is 0 Å². The van der Waals surface area contributed by atoms with Crippen LogP contribution in [0.1, 0.15) is 39.0 Å². The number of amides is 2. The SMILES string of the molecule is CCC1CCCCN1C1CC(=O)N(c2ccc(O)cc2)C1=O. The fraction of sp³-hybridized carbons (Fsp3) is 0.529. The molecule has 2 heterocycles. The molecule has 0 spiro atoms. The van der Waals surface area contributed by atoms with Crippen molar-refractivity contribution >= 4 is 17.5 Å². The highest BCUT2D eigenvalue weighted by atomic mass is 16.3. The van der Waals surface area contributed by atoms with Crippen molar-refractivity contribution in [2.45, 2.75) is 51.1 Å². The van der Waals surface area contributed by atoms with E-state index < -0.39 is 0 Å². The highest BCUT2D eigenvalue weighted by molar-refractivity contribution is 6.22. The number of phenolic OH excluding ortho intramolecular Hbond substituents is 1. The van der Waals surface area contributed by atoms with Gasteiger partial charge in [-0.1, -0.05) is 13.3 Å². The third-order valence-electron chi connectivity index (χ3n) is 4.77. The van der Waals surface area contributed by atoms with Gasteiger partial charge < -0.3 is 5.11 Å².